The van der Waals surface area contributed by atoms with Gasteiger partial charge in [-0.05, 0) is 37.1 Å². The second kappa shape index (κ2) is 12.3. The van der Waals surface area contributed by atoms with Crippen molar-refractivity contribution in [2.24, 2.45) is 5.41 Å². The maximum Gasteiger partial charge on any atom is 0.229 e. The minimum atomic E-state index is -0.633. The van der Waals surface area contributed by atoms with Crippen LogP contribution in [0.2, 0.25) is 0 Å². The lowest BCUT2D eigenvalue weighted by atomic mass is 9.94. The average molecular weight is 475 g/mol. The molecule has 0 N–H and O–H groups in total. The third-order valence-electron chi connectivity index (χ3n) is 5.83. The van der Waals surface area contributed by atoms with Gasteiger partial charge in [-0.25, -0.2) is 0 Å². The fraction of sp³-hybridized carbons (Fsp3) is 0.500. The fourth-order valence-electron chi connectivity index (χ4n) is 3.71. The van der Waals surface area contributed by atoms with E-state index in [0.717, 1.165) is 44.0 Å². The molecule has 7 heteroatoms. The summed E-state index contributed by atoms with van der Waals surface area (Å²) in [5.41, 5.74) is 1.43. The Kier molecular flexibility index (Phi) is 9.41. The summed E-state index contributed by atoms with van der Waals surface area (Å²) in [5.74, 6) is 1.65. The van der Waals surface area contributed by atoms with Crippen molar-refractivity contribution in [3.05, 3.63) is 59.7 Å². The number of benzene rings is 2. The van der Waals surface area contributed by atoms with Crippen LogP contribution >= 0.6 is 11.6 Å². The zero-order valence-electron chi connectivity index (χ0n) is 19.9. The molecule has 1 aliphatic rings. The first-order chi connectivity index (χ1) is 15.9. The van der Waals surface area contributed by atoms with Crippen LogP contribution in [0.5, 0.6) is 11.5 Å². The van der Waals surface area contributed by atoms with Gasteiger partial charge in [0.1, 0.15) is 6.61 Å². The Labute approximate surface area is 202 Å². The highest BCUT2D eigenvalue weighted by molar-refractivity contribution is 6.19. The van der Waals surface area contributed by atoms with Crippen molar-refractivity contribution >= 4 is 17.5 Å². The average Bonchev–Trinajstić information content (AvgIpc) is 2.86. The molecule has 0 aliphatic carbocycles. The molecule has 180 valence electrons. The summed E-state index contributed by atoms with van der Waals surface area (Å²) in [5, 5.41) is 0. The van der Waals surface area contributed by atoms with Crippen LogP contribution < -0.4 is 9.47 Å². The molecule has 0 aromatic heterocycles. The zero-order chi connectivity index (χ0) is 23.7. The molecule has 1 heterocycles. The van der Waals surface area contributed by atoms with Gasteiger partial charge in [-0.2, -0.15) is 0 Å². The van der Waals surface area contributed by atoms with Crippen molar-refractivity contribution < 1.29 is 19.0 Å². The Morgan fingerprint density at radius 2 is 1.82 bits per heavy atom. The van der Waals surface area contributed by atoms with Crippen molar-refractivity contribution in [3.63, 3.8) is 0 Å². The molecule has 1 fully saturated rings. The van der Waals surface area contributed by atoms with E-state index in [-0.39, 0.29) is 11.8 Å². The molecule has 3 rings (SSSR count). The molecule has 2 aromatic carbocycles. The van der Waals surface area contributed by atoms with Crippen molar-refractivity contribution in [2.75, 3.05) is 52.4 Å². The SMILES string of the molecule is COc1ccc(CN(CCN2CCOCC2)C(=O)C(C)(C)CCl)cc1OCc1ccccc1. The first-order valence-electron chi connectivity index (χ1n) is 11.4. The van der Waals surface area contributed by atoms with E-state index in [2.05, 4.69) is 4.90 Å². The third kappa shape index (κ3) is 7.36. The number of morpholine rings is 1. The Bertz CT molecular complexity index is 885. The Hall–Kier alpha value is -2.28. The smallest absolute Gasteiger partial charge is 0.229 e. The number of ether oxygens (including phenoxy) is 3. The number of halogens is 1. The lowest BCUT2D eigenvalue weighted by molar-refractivity contribution is -0.140. The van der Waals surface area contributed by atoms with E-state index in [9.17, 15) is 4.79 Å². The largest absolute Gasteiger partial charge is 0.493 e. The number of carbonyl (C=O) groups is 1. The van der Waals surface area contributed by atoms with E-state index in [1.165, 1.54) is 0 Å². The number of rotatable bonds is 11. The fourth-order valence-corrected chi connectivity index (χ4v) is 3.83. The highest BCUT2D eigenvalue weighted by Gasteiger charge is 2.31. The van der Waals surface area contributed by atoms with Gasteiger partial charge in [-0.15, -0.1) is 11.6 Å². The van der Waals surface area contributed by atoms with E-state index in [4.69, 9.17) is 25.8 Å². The van der Waals surface area contributed by atoms with Gasteiger partial charge in [0.2, 0.25) is 5.91 Å². The van der Waals surface area contributed by atoms with Crippen LogP contribution in [-0.2, 0) is 22.7 Å². The predicted molar refractivity (Wildman–Crippen MR) is 131 cm³/mol. The molecule has 2 aromatic rings. The molecule has 0 unspecified atom stereocenters. The van der Waals surface area contributed by atoms with Crippen molar-refractivity contribution in [1.82, 2.24) is 9.80 Å². The molecule has 0 spiro atoms. The molecule has 1 saturated heterocycles. The van der Waals surface area contributed by atoms with Gasteiger partial charge in [0.15, 0.2) is 11.5 Å². The quantitative estimate of drug-likeness (QED) is 0.457. The van der Waals surface area contributed by atoms with Gasteiger partial charge < -0.3 is 19.1 Å². The van der Waals surface area contributed by atoms with Crippen LogP contribution in [-0.4, -0.2) is 68.1 Å². The Morgan fingerprint density at radius 3 is 2.48 bits per heavy atom. The summed E-state index contributed by atoms with van der Waals surface area (Å²) >= 11 is 6.14. The lowest BCUT2D eigenvalue weighted by Crippen LogP contribution is -2.46. The minimum absolute atomic E-state index is 0.0494. The molecule has 0 radical (unpaired) electrons. The Morgan fingerprint density at radius 1 is 1.09 bits per heavy atom. The van der Waals surface area contributed by atoms with E-state index in [0.29, 0.717) is 31.2 Å². The number of hydrogen-bond donors (Lipinski definition) is 0. The van der Waals surface area contributed by atoms with Crippen LogP contribution in [0.4, 0.5) is 0 Å². The van der Waals surface area contributed by atoms with E-state index in [1.54, 1.807) is 7.11 Å². The lowest BCUT2D eigenvalue weighted by Gasteiger charge is -2.34. The van der Waals surface area contributed by atoms with Gasteiger partial charge in [-0.1, -0.05) is 36.4 Å². The predicted octanol–water partition coefficient (Wildman–Crippen LogP) is 4.20. The van der Waals surface area contributed by atoms with E-state index < -0.39 is 5.41 Å². The summed E-state index contributed by atoms with van der Waals surface area (Å²) < 4.78 is 17.0. The first-order valence-corrected chi connectivity index (χ1v) is 12.0. The highest BCUT2D eigenvalue weighted by atomic mass is 35.5. The number of nitrogens with zero attached hydrogens (tertiary/aromatic N) is 2. The summed E-state index contributed by atoms with van der Waals surface area (Å²) in [6.45, 7) is 9.41. The second-order valence-corrected chi connectivity index (χ2v) is 9.22. The van der Waals surface area contributed by atoms with Gasteiger partial charge in [-0.3, -0.25) is 9.69 Å². The van der Waals surface area contributed by atoms with E-state index in [1.807, 2.05) is 67.3 Å². The van der Waals surface area contributed by atoms with Gasteiger partial charge in [0, 0.05) is 38.6 Å². The zero-order valence-corrected chi connectivity index (χ0v) is 20.6. The Balaban J connectivity index is 1.74. The summed E-state index contributed by atoms with van der Waals surface area (Å²) in [6.07, 6.45) is 0. The van der Waals surface area contributed by atoms with Crippen molar-refractivity contribution in [3.8, 4) is 11.5 Å². The maximum atomic E-state index is 13.3. The number of alkyl halides is 1. The van der Waals surface area contributed by atoms with Crippen LogP contribution in [0, 0.1) is 5.41 Å². The van der Waals surface area contributed by atoms with Crippen LogP contribution in [0.1, 0.15) is 25.0 Å². The third-order valence-corrected chi connectivity index (χ3v) is 6.50. The maximum absolute atomic E-state index is 13.3. The minimum Gasteiger partial charge on any atom is -0.493 e. The number of hydrogen-bond acceptors (Lipinski definition) is 5. The summed E-state index contributed by atoms with van der Waals surface area (Å²) in [4.78, 5) is 17.6. The topological polar surface area (TPSA) is 51.2 Å². The number of carbonyl (C=O) groups excluding carboxylic acids is 1. The van der Waals surface area contributed by atoms with Crippen LogP contribution in [0.25, 0.3) is 0 Å². The molecule has 0 bridgehead atoms. The first kappa shape index (κ1) is 25.3. The molecular weight excluding hydrogens is 440 g/mol. The standard InChI is InChI=1S/C26H35ClN2O4/c1-26(2,20-27)25(30)29(12-11-28-13-15-32-16-14-28)18-22-9-10-23(31-3)24(17-22)33-19-21-7-5-4-6-8-21/h4-10,17H,11-16,18-20H2,1-3H3. The highest BCUT2D eigenvalue weighted by Crippen LogP contribution is 2.30. The van der Waals surface area contributed by atoms with E-state index >= 15 is 0 Å². The molecule has 1 aliphatic heterocycles. The molecule has 0 saturated carbocycles. The number of amides is 1. The molecule has 6 nitrogen and oxygen atoms in total. The number of methoxy groups -OCH3 is 1. The van der Waals surface area contributed by atoms with Crippen LogP contribution in [0.3, 0.4) is 0 Å². The normalized spacial score (nSPS) is 14.7. The van der Waals surface area contributed by atoms with Crippen molar-refractivity contribution in [1.29, 1.82) is 0 Å². The van der Waals surface area contributed by atoms with Crippen molar-refractivity contribution in [2.45, 2.75) is 27.0 Å². The molecule has 0 atom stereocenters. The summed E-state index contributed by atoms with van der Waals surface area (Å²) in [7, 11) is 1.63. The second-order valence-electron chi connectivity index (χ2n) is 8.96. The monoisotopic (exact) mass is 474 g/mol. The summed E-state index contributed by atoms with van der Waals surface area (Å²) in [6, 6.07) is 15.9. The molecule has 1 amide bonds. The van der Waals surface area contributed by atoms with Crippen LogP contribution in [0.15, 0.2) is 48.5 Å². The molecular formula is C26H35ClN2O4. The van der Waals surface area contributed by atoms with Gasteiger partial charge >= 0.3 is 0 Å². The molecule has 33 heavy (non-hydrogen) atoms. The van der Waals surface area contributed by atoms with Gasteiger partial charge in [0.25, 0.3) is 0 Å². The van der Waals surface area contributed by atoms with Gasteiger partial charge in [0.05, 0.1) is 25.7 Å².